The standard InChI is InChI=1S/C15H20Cl2N2O2/c1-10(11-2-3-13(16)14(17)8-11)19-15(20)9-21-12-4-6-18-7-5-12/h2-3,8,10,12,18H,4-7,9H2,1H3,(H,19,20). The fourth-order valence-electron chi connectivity index (χ4n) is 2.30. The number of hydrogen-bond acceptors (Lipinski definition) is 3. The highest BCUT2D eigenvalue weighted by Crippen LogP contribution is 2.25. The average Bonchev–Trinajstić information content (AvgIpc) is 2.49. The molecule has 1 amide bonds. The first-order chi connectivity index (χ1) is 10.1. The number of halogens is 2. The van der Waals surface area contributed by atoms with Gasteiger partial charge >= 0.3 is 0 Å². The molecule has 1 fully saturated rings. The molecule has 0 bridgehead atoms. The number of carbonyl (C=O) groups is 1. The van der Waals surface area contributed by atoms with E-state index in [0.29, 0.717) is 10.0 Å². The molecule has 4 nitrogen and oxygen atoms in total. The Kier molecular flexibility index (Phi) is 6.30. The molecule has 1 heterocycles. The van der Waals surface area contributed by atoms with Crippen LogP contribution in [-0.2, 0) is 9.53 Å². The summed E-state index contributed by atoms with van der Waals surface area (Å²) in [5.74, 6) is -0.118. The van der Waals surface area contributed by atoms with Crippen molar-refractivity contribution in [2.45, 2.75) is 31.9 Å². The van der Waals surface area contributed by atoms with Gasteiger partial charge in [0, 0.05) is 0 Å². The smallest absolute Gasteiger partial charge is 0.246 e. The van der Waals surface area contributed by atoms with Crippen LogP contribution < -0.4 is 10.6 Å². The molecule has 116 valence electrons. The van der Waals surface area contributed by atoms with E-state index in [-0.39, 0.29) is 24.7 Å². The van der Waals surface area contributed by atoms with Crippen molar-refractivity contribution < 1.29 is 9.53 Å². The minimum Gasteiger partial charge on any atom is -0.368 e. The van der Waals surface area contributed by atoms with E-state index >= 15 is 0 Å². The highest BCUT2D eigenvalue weighted by Gasteiger charge is 2.16. The van der Waals surface area contributed by atoms with Gasteiger partial charge < -0.3 is 15.4 Å². The summed E-state index contributed by atoms with van der Waals surface area (Å²) in [6.07, 6.45) is 2.09. The van der Waals surface area contributed by atoms with Crippen molar-refractivity contribution in [1.82, 2.24) is 10.6 Å². The van der Waals surface area contributed by atoms with Crippen LogP contribution in [0.4, 0.5) is 0 Å². The third kappa shape index (κ3) is 5.15. The zero-order valence-electron chi connectivity index (χ0n) is 12.0. The van der Waals surface area contributed by atoms with Crippen LogP contribution in [0.1, 0.15) is 31.4 Å². The van der Waals surface area contributed by atoms with Crippen molar-refractivity contribution in [2.75, 3.05) is 19.7 Å². The number of benzene rings is 1. The highest BCUT2D eigenvalue weighted by molar-refractivity contribution is 6.42. The SMILES string of the molecule is CC(NC(=O)COC1CCNCC1)c1ccc(Cl)c(Cl)c1. The van der Waals surface area contributed by atoms with Crippen LogP contribution in [-0.4, -0.2) is 31.7 Å². The maximum absolute atomic E-state index is 11.9. The Hall–Kier alpha value is -0.810. The Bertz CT molecular complexity index is 491. The first kappa shape index (κ1) is 16.6. The number of nitrogens with one attached hydrogen (secondary N) is 2. The van der Waals surface area contributed by atoms with Crippen LogP contribution in [0.2, 0.25) is 10.0 Å². The van der Waals surface area contributed by atoms with E-state index in [1.54, 1.807) is 12.1 Å². The number of rotatable bonds is 5. The maximum atomic E-state index is 11.9. The van der Waals surface area contributed by atoms with Crippen LogP contribution in [0.25, 0.3) is 0 Å². The lowest BCUT2D eigenvalue weighted by molar-refractivity contribution is -0.128. The van der Waals surface area contributed by atoms with Gasteiger partial charge in [0.25, 0.3) is 0 Å². The fraction of sp³-hybridized carbons (Fsp3) is 0.533. The van der Waals surface area contributed by atoms with Crippen LogP contribution in [0.5, 0.6) is 0 Å². The number of ether oxygens (including phenoxy) is 1. The predicted molar refractivity (Wildman–Crippen MR) is 84.9 cm³/mol. The molecular weight excluding hydrogens is 311 g/mol. The molecule has 0 spiro atoms. The summed E-state index contributed by atoms with van der Waals surface area (Å²) >= 11 is 11.9. The summed E-state index contributed by atoms with van der Waals surface area (Å²) < 4.78 is 5.63. The van der Waals surface area contributed by atoms with E-state index in [9.17, 15) is 4.79 Å². The van der Waals surface area contributed by atoms with Gasteiger partial charge in [0.1, 0.15) is 6.61 Å². The van der Waals surface area contributed by atoms with Crippen LogP contribution in [0.3, 0.4) is 0 Å². The first-order valence-electron chi connectivity index (χ1n) is 7.13. The number of carbonyl (C=O) groups excluding carboxylic acids is 1. The molecule has 1 aliphatic rings. The molecule has 6 heteroatoms. The van der Waals surface area contributed by atoms with E-state index in [4.69, 9.17) is 27.9 Å². The van der Waals surface area contributed by atoms with Gasteiger partial charge in [-0.05, 0) is 50.6 Å². The Balaban J connectivity index is 1.79. The third-order valence-electron chi connectivity index (χ3n) is 3.56. The molecule has 1 unspecified atom stereocenters. The van der Waals surface area contributed by atoms with Gasteiger partial charge in [-0.2, -0.15) is 0 Å². The van der Waals surface area contributed by atoms with Gasteiger partial charge in [-0.25, -0.2) is 0 Å². The van der Waals surface area contributed by atoms with E-state index in [0.717, 1.165) is 31.5 Å². The van der Waals surface area contributed by atoms with Crippen molar-refractivity contribution in [3.63, 3.8) is 0 Å². The quantitative estimate of drug-likeness (QED) is 0.872. The summed E-state index contributed by atoms with van der Waals surface area (Å²) in [6.45, 7) is 3.90. The molecule has 1 atom stereocenters. The molecule has 1 aromatic rings. The summed E-state index contributed by atoms with van der Waals surface area (Å²) in [7, 11) is 0. The molecule has 0 radical (unpaired) electrons. The number of piperidine rings is 1. The second-order valence-electron chi connectivity index (χ2n) is 5.22. The molecule has 2 N–H and O–H groups in total. The Morgan fingerprint density at radius 1 is 1.38 bits per heavy atom. The van der Waals surface area contributed by atoms with E-state index < -0.39 is 0 Å². The lowest BCUT2D eigenvalue weighted by Gasteiger charge is -2.23. The van der Waals surface area contributed by atoms with E-state index in [2.05, 4.69) is 10.6 Å². The molecule has 1 aromatic carbocycles. The van der Waals surface area contributed by atoms with Gasteiger partial charge in [-0.15, -0.1) is 0 Å². The zero-order chi connectivity index (χ0) is 15.2. The maximum Gasteiger partial charge on any atom is 0.246 e. The lowest BCUT2D eigenvalue weighted by atomic mass is 10.1. The summed E-state index contributed by atoms with van der Waals surface area (Å²) in [4.78, 5) is 11.9. The van der Waals surface area contributed by atoms with E-state index in [1.165, 1.54) is 0 Å². The molecule has 21 heavy (non-hydrogen) atoms. The molecule has 0 saturated carbocycles. The average molecular weight is 331 g/mol. The number of hydrogen-bond donors (Lipinski definition) is 2. The summed E-state index contributed by atoms with van der Waals surface area (Å²) in [5.41, 5.74) is 0.916. The van der Waals surface area contributed by atoms with Gasteiger partial charge in [0.05, 0.1) is 22.2 Å². The van der Waals surface area contributed by atoms with Gasteiger partial charge in [-0.3, -0.25) is 4.79 Å². The van der Waals surface area contributed by atoms with Crippen LogP contribution in [0.15, 0.2) is 18.2 Å². The Morgan fingerprint density at radius 2 is 2.10 bits per heavy atom. The number of amides is 1. The Morgan fingerprint density at radius 3 is 2.76 bits per heavy atom. The molecule has 2 rings (SSSR count). The van der Waals surface area contributed by atoms with Crippen molar-refractivity contribution >= 4 is 29.1 Å². The molecular formula is C15H20Cl2N2O2. The van der Waals surface area contributed by atoms with Gasteiger partial charge in [0.2, 0.25) is 5.91 Å². The van der Waals surface area contributed by atoms with Crippen LogP contribution in [0, 0.1) is 0 Å². The van der Waals surface area contributed by atoms with Gasteiger partial charge in [0.15, 0.2) is 0 Å². The molecule has 0 aromatic heterocycles. The van der Waals surface area contributed by atoms with Crippen molar-refractivity contribution in [2.24, 2.45) is 0 Å². The van der Waals surface area contributed by atoms with E-state index in [1.807, 2.05) is 13.0 Å². The topological polar surface area (TPSA) is 50.4 Å². The lowest BCUT2D eigenvalue weighted by Crippen LogP contribution is -2.36. The normalized spacial score (nSPS) is 17.5. The first-order valence-corrected chi connectivity index (χ1v) is 7.88. The van der Waals surface area contributed by atoms with Crippen molar-refractivity contribution in [1.29, 1.82) is 0 Å². The monoisotopic (exact) mass is 330 g/mol. The van der Waals surface area contributed by atoms with Crippen LogP contribution >= 0.6 is 23.2 Å². The third-order valence-corrected chi connectivity index (χ3v) is 4.30. The van der Waals surface area contributed by atoms with Gasteiger partial charge in [-0.1, -0.05) is 29.3 Å². The second-order valence-corrected chi connectivity index (χ2v) is 6.04. The summed E-state index contributed by atoms with van der Waals surface area (Å²) in [5, 5.41) is 7.16. The van der Waals surface area contributed by atoms with Crippen molar-refractivity contribution in [3.8, 4) is 0 Å². The zero-order valence-corrected chi connectivity index (χ0v) is 13.5. The minimum absolute atomic E-state index is 0.0936. The minimum atomic E-state index is -0.135. The fourth-order valence-corrected chi connectivity index (χ4v) is 2.61. The predicted octanol–water partition coefficient (Wildman–Crippen LogP) is 2.94. The highest BCUT2D eigenvalue weighted by atomic mass is 35.5. The molecule has 1 aliphatic heterocycles. The molecule has 1 saturated heterocycles. The second kappa shape index (κ2) is 7.99. The largest absolute Gasteiger partial charge is 0.368 e. The molecule has 0 aliphatic carbocycles. The Labute approximate surface area is 135 Å². The summed E-state index contributed by atoms with van der Waals surface area (Å²) in [6, 6.07) is 5.21. The van der Waals surface area contributed by atoms with Crippen molar-refractivity contribution in [3.05, 3.63) is 33.8 Å².